The maximum atomic E-state index is 12.3. The molecule has 5 heteroatoms. The summed E-state index contributed by atoms with van der Waals surface area (Å²) in [6.45, 7) is 5.25. The van der Waals surface area contributed by atoms with Gasteiger partial charge in [-0.25, -0.2) is 4.79 Å². The lowest BCUT2D eigenvalue weighted by molar-refractivity contribution is -0.156. The number of carbonyl (C=O) groups is 2. The first-order valence-corrected chi connectivity index (χ1v) is 6.99. The van der Waals surface area contributed by atoms with Gasteiger partial charge in [0.05, 0.1) is 7.11 Å². The van der Waals surface area contributed by atoms with E-state index in [0.29, 0.717) is 13.0 Å². The number of rotatable bonds is 7. The van der Waals surface area contributed by atoms with Gasteiger partial charge in [0.2, 0.25) is 5.91 Å². The average molecular weight is 293 g/mol. The van der Waals surface area contributed by atoms with Gasteiger partial charge in [-0.3, -0.25) is 4.79 Å². The fraction of sp³-hybridized carbons (Fsp3) is 0.500. The Morgan fingerprint density at radius 2 is 1.81 bits per heavy atom. The van der Waals surface area contributed by atoms with Crippen LogP contribution in [0.3, 0.4) is 0 Å². The molecule has 0 spiro atoms. The molecular formula is C16H23NO4. The lowest BCUT2D eigenvalue weighted by atomic mass is 10.0. The van der Waals surface area contributed by atoms with Crippen molar-refractivity contribution in [2.75, 3.05) is 13.7 Å². The number of benzene rings is 1. The summed E-state index contributed by atoms with van der Waals surface area (Å²) in [4.78, 5) is 24.9. The van der Waals surface area contributed by atoms with Gasteiger partial charge in [0.15, 0.2) is 0 Å². The standard InChI is InChI=1S/C16H23NO4/c1-5-17(16(2,3)15(19)20)14(18)11-8-12-6-9-13(21-4)10-7-12/h6-7,9-10H,5,8,11H2,1-4H3,(H,19,20). The van der Waals surface area contributed by atoms with E-state index in [-0.39, 0.29) is 12.3 Å². The molecule has 21 heavy (non-hydrogen) atoms. The van der Waals surface area contributed by atoms with Crippen molar-refractivity contribution in [3.63, 3.8) is 0 Å². The van der Waals surface area contributed by atoms with Crippen molar-refractivity contribution in [2.24, 2.45) is 0 Å². The Bertz CT molecular complexity index is 494. The van der Waals surface area contributed by atoms with Crippen LogP contribution in [0.1, 0.15) is 32.8 Å². The largest absolute Gasteiger partial charge is 0.497 e. The van der Waals surface area contributed by atoms with Gasteiger partial charge in [-0.15, -0.1) is 0 Å². The Labute approximate surface area is 125 Å². The molecule has 0 fully saturated rings. The minimum Gasteiger partial charge on any atom is -0.497 e. The molecule has 0 radical (unpaired) electrons. The SMILES string of the molecule is CCN(C(=O)CCc1ccc(OC)cc1)C(C)(C)C(=O)O. The molecule has 0 aliphatic rings. The Kier molecular flexibility index (Phi) is 5.76. The molecule has 0 unspecified atom stereocenters. The number of hydrogen-bond acceptors (Lipinski definition) is 3. The van der Waals surface area contributed by atoms with Crippen molar-refractivity contribution in [1.29, 1.82) is 0 Å². The smallest absolute Gasteiger partial charge is 0.329 e. The number of methoxy groups -OCH3 is 1. The number of aliphatic carboxylic acids is 1. The lowest BCUT2D eigenvalue weighted by Crippen LogP contribution is -2.52. The van der Waals surface area contributed by atoms with Gasteiger partial charge in [0.25, 0.3) is 0 Å². The van der Waals surface area contributed by atoms with Gasteiger partial charge in [-0.1, -0.05) is 12.1 Å². The molecule has 1 amide bonds. The number of carboxylic acid groups (broad SMARTS) is 1. The zero-order valence-electron chi connectivity index (χ0n) is 13.0. The van der Waals surface area contributed by atoms with Crippen LogP contribution in [-0.4, -0.2) is 41.1 Å². The third kappa shape index (κ3) is 4.21. The van der Waals surface area contributed by atoms with Gasteiger partial charge in [0, 0.05) is 13.0 Å². The quantitative estimate of drug-likeness (QED) is 0.838. The molecule has 0 aliphatic heterocycles. The summed E-state index contributed by atoms with van der Waals surface area (Å²) >= 11 is 0. The molecule has 116 valence electrons. The number of carboxylic acids is 1. The third-order valence-electron chi connectivity index (χ3n) is 3.60. The van der Waals surface area contributed by atoms with E-state index in [1.54, 1.807) is 27.9 Å². The zero-order valence-corrected chi connectivity index (χ0v) is 13.0. The lowest BCUT2D eigenvalue weighted by Gasteiger charge is -2.34. The predicted octanol–water partition coefficient (Wildman–Crippen LogP) is 2.34. The fourth-order valence-electron chi connectivity index (χ4n) is 2.18. The number of nitrogens with zero attached hydrogens (tertiary/aromatic N) is 1. The summed E-state index contributed by atoms with van der Waals surface area (Å²) in [5.74, 6) is -0.380. The number of hydrogen-bond donors (Lipinski definition) is 1. The van der Waals surface area contributed by atoms with Crippen molar-refractivity contribution < 1.29 is 19.4 Å². The molecule has 1 rings (SSSR count). The van der Waals surface area contributed by atoms with E-state index in [4.69, 9.17) is 4.74 Å². The molecule has 0 aliphatic carbocycles. The van der Waals surface area contributed by atoms with Crippen LogP contribution < -0.4 is 4.74 Å². The van der Waals surface area contributed by atoms with E-state index >= 15 is 0 Å². The van der Waals surface area contributed by atoms with Crippen molar-refractivity contribution in [2.45, 2.75) is 39.2 Å². The second-order valence-corrected chi connectivity index (χ2v) is 5.35. The van der Waals surface area contributed by atoms with Crippen LogP contribution in [0.25, 0.3) is 0 Å². The van der Waals surface area contributed by atoms with Crippen LogP contribution in [0.2, 0.25) is 0 Å². The Morgan fingerprint density at radius 3 is 2.24 bits per heavy atom. The number of amides is 1. The van der Waals surface area contributed by atoms with Crippen molar-refractivity contribution >= 4 is 11.9 Å². The normalized spacial score (nSPS) is 11.0. The first-order valence-electron chi connectivity index (χ1n) is 6.99. The molecule has 0 aromatic heterocycles. The Balaban J connectivity index is 2.68. The van der Waals surface area contributed by atoms with Crippen molar-refractivity contribution in [3.8, 4) is 5.75 Å². The van der Waals surface area contributed by atoms with E-state index in [0.717, 1.165) is 11.3 Å². The number of carbonyl (C=O) groups excluding carboxylic acids is 1. The third-order valence-corrected chi connectivity index (χ3v) is 3.60. The summed E-state index contributed by atoms with van der Waals surface area (Å²) in [6.07, 6.45) is 0.867. The molecular weight excluding hydrogens is 270 g/mol. The van der Waals surface area contributed by atoms with Crippen LogP contribution in [0, 0.1) is 0 Å². The minimum absolute atomic E-state index is 0.152. The molecule has 5 nitrogen and oxygen atoms in total. The Hall–Kier alpha value is -2.04. The summed E-state index contributed by atoms with van der Waals surface area (Å²) in [5.41, 5.74) is -0.167. The first kappa shape index (κ1) is 17.0. The number of likely N-dealkylation sites (N-methyl/N-ethyl adjacent to an activating group) is 1. The average Bonchev–Trinajstić information content (AvgIpc) is 2.46. The summed E-state index contributed by atoms with van der Waals surface area (Å²) in [5, 5.41) is 9.23. The summed E-state index contributed by atoms with van der Waals surface area (Å²) in [7, 11) is 1.60. The zero-order chi connectivity index (χ0) is 16.0. The molecule has 0 saturated heterocycles. The second kappa shape index (κ2) is 7.11. The predicted molar refractivity (Wildman–Crippen MR) is 80.4 cm³/mol. The van der Waals surface area contributed by atoms with Crippen LogP contribution in [0.5, 0.6) is 5.75 Å². The highest BCUT2D eigenvalue weighted by Gasteiger charge is 2.36. The highest BCUT2D eigenvalue weighted by atomic mass is 16.5. The molecule has 0 saturated carbocycles. The minimum atomic E-state index is -1.19. The van der Waals surface area contributed by atoms with Crippen LogP contribution in [0.4, 0.5) is 0 Å². The number of aryl methyl sites for hydroxylation is 1. The maximum absolute atomic E-state index is 12.3. The summed E-state index contributed by atoms with van der Waals surface area (Å²) in [6, 6.07) is 7.51. The van der Waals surface area contributed by atoms with E-state index in [9.17, 15) is 14.7 Å². The molecule has 1 aromatic carbocycles. The van der Waals surface area contributed by atoms with Gasteiger partial charge in [-0.2, -0.15) is 0 Å². The van der Waals surface area contributed by atoms with E-state index in [2.05, 4.69) is 0 Å². The van der Waals surface area contributed by atoms with Crippen LogP contribution in [0.15, 0.2) is 24.3 Å². The molecule has 1 aromatic rings. The van der Waals surface area contributed by atoms with Crippen LogP contribution in [-0.2, 0) is 16.0 Å². The van der Waals surface area contributed by atoms with Gasteiger partial charge < -0.3 is 14.7 Å². The van der Waals surface area contributed by atoms with Gasteiger partial charge >= 0.3 is 5.97 Å². The topological polar surface area (TPSA) is 66.8 Å². The van der Waals surface area contributed by atoms with Gasteiger partial charge in [-0.05, 0) is 44.9 Å². The van der Waals surface area contributed by atoms with Gasteiger partial charge in [0.1, 0.15) is 11.3 Å². The molecule has 0 bridgehead atoms. The maximum Gasteiger partial charge on any atom is 0.329 e. The molecule has 1 N–H and O–H groups in total. The summed E-state index contributed by atoms with van der Waals surface area (Å²) < 4.78 is 5.08. The molecule has 0 heterocycles. The van der Waals surface area contributed by atoms with E-state index in [1.165, 1.54) is 4.90 Å². The van der Waals surface area contributed by atoms with Crippen LogP contribution >= 0.6 is 0 Å². The first-order chi connectivity index (χ1) is 9.82. The second-order valence-electron chi connectivity index (χ2n) is 5.35. The molecule has 0 atom stereocenters. The van der Waals surface area contributed by atoms with Crippen molar-refractivity contribution in [1.82, 2.24) is 4.90 Å². The fourth-order valence-corrected chi connectivity index (χ4v) is 2.18. The highest BCUT2D eigenvalue weighted by molar-refractivity contribution is 5.86. The number of ether oxygens (including phenoxy) is 1. The van der Waals surface area contributed by atoms with E-state index < -0.39 is 11.5 Å². The Morgan fingerprint density at radius 1 is 1.24 bits per heavy atom. The highest BCUT2D eigenvalue weighted by Crippen LogP contribution is 2.18. The monoisotopic (exact) mass is 293 g/mol. The van der Waals surface area contributed by atoms with E-state index in [1.807, 2.05) is 24.3 Å². The van der Waals surface area contributed by atoms with Crippen molar-refractivity contribution in [3.05, 3.63) is 29.8 Å².